The van der Waals surface area contributed by atoms with Crippen LogP contribution in [0.25, 0.3) is 0 Å². The number of rotatable bonds is 7. The van der Waals surface area contributed by atoms with Crippen LogP contribution in [0.1, 0.15) is 32.2 Å². The molecule has 0 bridgehead atoms. The number of halogens is 1. The van der Waals surface area contributed by atoms with Crippen LogP contribution in [-0.4, -0.2) is 23.4 Å². The molecular weight excluding hydrogens is 290 g/mol. The monoisotopic (exact) mass is 313 g/mol. The lowest BCUT2D eigenvalue weighted by Gasteiger charge is -2.25. The van der Waals surface area contributed by atoms with Crippen molar-refractivity contribution < 1.29 is 0 Å². The quantitative estimate of drug-likeness (QED) is 0.784. The molecule has 18 heavy (non-hydrogen) atoms. The van der Waals surface area contributed by atoms with Crippen molar-refractivity contribution >= 4 is 15.9 Å². The summed E-state index contributed by atoms with van der Waals surface area (Å²) in [4.78, 5) is 0. The molecule has 1 aromatic heterocycles. The largest absolute Gasteiger partial charge is 0.319 e. The highest BCUT2D eigenvalue weighted by atomic mass is 79.9. The Hall–Kier alpha value is -0.610. The van der Waals surface area contributed by atoms with Crippen LogP contribution in [0.2, 0.25) is 0 Å². The van der Waals surface area contributed by atoms with Crippen molar-refractivity contribution in [2.24, 2.45) is 5.41 Å². The van der Waals surface area contributed by atoms with Gasteiger partial charge in [0.25, 0.3) is 0 Å². The molecule has 0 saturated carbocycles. The Morgan fingerprint density at radius 3 is 2.61 bits per heavy atom. The van der Waals surface area contributed by atoms with E-state index in [0.29, 0.717) is 0 Å². The fourth-order valence-electron chi connectivity index (χ4n) is 2.18. The molecule has 0 aliphatic rings. The number of nitrogens with one attached hydrogen (secondary N) is 1. The Bertz CT molecular complexity index is 411. The standard InChI is InChI=1S/C14H24BrN3/c1-6-11-13(15)12(18(8-3)17-11)9-14(4,7-2)10-16-5/h7,16H,2,6,8-10H2,1,3-5H3. The van der Waals surface area contributed by atoms with Gasteiger partial charge in [0.2, 0.25) is 0 Å². The Morgan fingerprint density at radius 1 is 1.50 bits per heavy atom. The van der Waals surface area contributed by atoms with E-state index in [0.717, 1.165) is 36.1 Å². The van der Waals surface area contributed by atoms with Crippen molar-refractivity contribution in [3.05, 3.63) is 28.5 Å². The summed E-state index contributed by atoms with van der Waals surface area (Å²) in [5, 5.41) is 7.88. The summed E-state index contributed by atoms with van der Waals surface area (Å²) in [6.07, 6.45) is 3.94. The van der Waals surface area contributed by atoms with Crippen molar-refractivity contribution in [1.82, 2.24) is 15.1 Å². The van der Waals surface area contributed by atoms with E-state index in [9.17, 15) is 0 Å². The molecule has 1 heterocycles. The van der Waals surface area contributed by atoms with Gasteiger partial charge in [-0.1, -0.05) is 19.9 Å². The van der Waals surface area contributed by atoms with Crippen molar-refractivity contribution in [2.45, 2.75) is 40.2 Å². The van der Waals surface area contributed by atoms with Crippen LogP contribution in [0.4, 0.5) is 0 Å². The van der Waals surface area contributed by atoms with Crippen molar-refractivity contribution in [3.8, 4) is 0 Å². The molecule has 0 radical (unpaired) electrons. The van der Waals surface area contributed by atoms with Gasteiger partial charge in [-0.05, 0) is 36.3 Å². The second-order valence-corrected chi connectivity index (χ2v) is 5.73. The number of hydrogen-bond acceptors (Lipinski definition) is 2. The van der Waals surface area contributed by atoms with E-state index in [1.165, 1.54) is 5.69 Å². The van der Waals surface area contributed by atoms with Gasteiger partial charge >= 0.3 is 0 Å². The van der Waals surface area contributed by atoms with Gasteiger partial charge in [-0.25, -0.2) is 0 Å². The summed E-state index contributed by atoms with van der Waals surface area (Å²) in [7, 11) is 1.98. The fraction of sp³-hybridized carbons (Fsp3) is 0.643. The van der Waals surface area contributed by atoms with Crippen LogP contribution >= 0.6 is 15.9 Å². The molecule has 0 aliphatic carbocycles. The Morgan fingerprint density at radius 2 is 2.17 bits per heavy atom. The van der Waals surface area contributed by atoms with Gasteiger partial charge in [0.15, 0.2) is 0 Å². The molecule has 0 aromatic carbocycles. The van der Waals surface area contributed by atoms with Crippen molar-refractivity contribution in [3.63, 3.8) is 0 Å². The zero-order valence-corrected chi connectivity index (χ0v) is 13.5. The number of hydrogen-bond donors (Lipinski definition) is 1. The van der Waals surface area contributed by atoms with Gasteiger partial charge in [-0.2, -0.15) is 5.10 Å². The maximum absolute atomic E-state index is 4.64. The number of aryl methyl sites for hydroxylation is 2. The molecule has 0 fully saturated rings. The lowest BCUT2D eigenvalue weighted by atomic mass is 9.85. The SMILES string of the molecule is C=CC(C)(CNC)Cc1c(Br)c(CC)nn1CC. The van der Waals surface area contributed by atoms with Gasteiger partial charge in [-0.3, -0.25) is 4.68 Å². The molecule has 4 heteroatoms. The molecule has 1 atom stereocenters. The molecule has 1 N–H and O–H groups in total. The summed E-state index contributed by atoms with van der Waals surface area (Å²) in [5.41, 5.74) is 2.46. The Kier molecular flexibility index (Phi) is 5.60. The summed E-state index contributed by atoms with van der Waals surface area (Å²) < 4.78 is 3.26. The molecule has 0 aliphatic heterocycles. The lowest BCUT2D eigenvalue weighted by Crippen LogP contribution is -2.30. The molecule has 3 nitrogen and oxygen atoms in total. The van der Waals surface area contributed by atoms with Gasteiger partial charge in [0, 0.05) is 24.9 Å². The second-order valence-electron chi connectivity index (χ2n) is 4.94. The van der Waals surface area contributed by atoms with Crippen LogP contribution in [-0.2, 0) is 19.4 Å². The smallest absolute Gasteiger partial charge is 0.0766 e. The van der Waals surface area contributed by atoms with E-state index in [2.05, 4.69) is 58.4 Å². The minimum absolute atomic E-state index is 0.0508. The first-order chi connectivity index (χ1) is 8.51. The molecular formula is C14H24BrN3. The third kappa shape index (κ3) is 3.23. The third-order valence-electron chi connectivity index (χ3n) is 3.34. The Balaban J connectivity index is 3.08. The maximum Gasteiger partial charge on any atom is 0.0766 e. The minimum Gasteiger partial charge on any atom is -0.319 e. The first-order valence-corrected chi connectivity index (χ1v) is 7.32. The van der Waals surface area contributed by atoms with Crippen LogP contribution in [0.3, 0.4) is 0 Å². The van der Waals surface area contributed by atoms with Crippen molar-refractivity contribution in [2.75, 3.05) is 13.6 Å². The van der Waals surface area contributed by atoms with Gasteiger partial charge in [-0.15, -0.1) is 6.58 Å². The van der Waals surface area contributed by atoms with E-state index in [-0.39, 0.29) is 5.41 Å². The molecule has 1 unspecified atom stereocenters. The van der Waals surface area contributed by atoms with Crippen LogP contribution in [0.5, 0.6) is 0 Å². The normalized spacial score (nSPS) is 14.5. The predicted octanol–water partition coefficient (Wildman–Crippen LogP) is 3.18. The highest BCUT2D eigenvalue weighted by Gasteiger charge is 2.25. The predicted molar refractivity (Wildman–Crippen MR) is 80.9 cm³/mol. The van der Waals surface area contributed by atoms with Crippen LogP contribution < -0.4 is 5.32 Å². The van der Waals surface area contributed by atoms with Crippen LogP contribution in [0.15, 0.2) is 17.1 Å². The average molecular weight is 314 g/mol. The van der Waals surface area contributed by atoms with E-state index >= 15 is 0 Å². The molecule has 102 valence electrons. The van der Waals surface area contributed by atoms with E-state index < -0.39 is 0 Å². The van der Waals surface area contributed by atoms with Gasteiger partial charge in [0.1, 0.15) is 0 Å². The highest BCUT2D eigenvalue weighted by Crippen LogP contribution is 2.30. The van der Waals surface area contributed by atoms with Crippen molar-refractivity contribution in [1.29, 1.82) is 0 Å². The summed E-state index contributed by atoms with van der Waals surface area (Å²) in [6, 6.07) is 0. The summed E-state index contributed by atoms with van der Waals surface area (Å²) >= 11 is 3.70. The minimum atomic E-state index is 0.0508. The first kappa shape index (κ1) is 15.4. The third-order valence-corrected chi connectivity index (χ3v) is 4.25. The molecule has 0 saturated heterocycles. The lowest BCUT2D eigenvalue weighted by molar-refractivity contribution is 0.390. The highest BCUT2D eigenvalue weighted by molar-refractivity contribution is 9.10. The molecule has 1 aromatic rings. The van der Waals surface area contributed by atoms with E-state index in [1.807, 2.05) is 13.1 Å². The summed E-state index contributed by atoms with van der Waals surface area (Å²) in [5.74, 6) is 0. The number of aromatic nitrogens is 2. The Labute approximate surface area is 119 Å². The van der Waals surface area contributed by atoms with E-state index in [1.54, 1.807) is 0 Å². The topological polar surface area (TPSA) is 29.9 Å². The average Bonchev–Trinajstić information content (AvgIpc) is 2.66. The maximum atomic E-state index is 4.64. The van der Waals surface area contributed by atoms with Gasteiger partial charge < -0.3 is 5.32 Å². The second kappa shape index (κ2) is 6.53. The van der Waals surface area contributed by atoms with Gasteiger partial charge in [0.05, 0.1) is 15.9 Å². The molecule has 0 spiro atoms. The van der Waals surface area contributed by atoms with Crippen LogP contribution in [0, 0.1) is 5.41 Å². The zero-order chi connectivity index (χ0) is 13.8. The molecule has 1 rings (SSSR count). The zero-order valence-electron chi connectivity index (χ0n) is 11.9. The first-order valence-electron chi connectivity index (χ1n) is 6.53. The van der Waals surface area contributed by atoms with E-state index in [4.69, 9.17) is 0 Å². The fourth-order valence-corrected chi connectivity index (χ4v) is 2.88. The summed E-state index contributed by atoms with van der Waals surface area (Å²) in [6.45, 7) is 12.3. The molecule has 0 amide bonds. The number of nitrogens with zero attached hydrogens (tertiary/aromatic N) is 2.